The van der Waals surface area contributed by atoms with Crippen molar-refractivity contribution in [3.05, 3.63) is 20.8 Å². The van der Waals surface area contributed by atoms with Gasteiger partial charge in [0.2, 0.25) is 0 Å². The summed E-state index contributed by atoms with van der Waals surface area (Å²) < 4.78 is 1.24. The molecular formula is C10H14BrNS. The van der Waals surface area contributed by atoms with E-state index in [1.807, 2.05) is 11.3 Å². The number of rotatable bonds is 2. The minimum absolute atomic E-state index is 0.466. The van der Waals surface area contributed by atoms with Crippen LogP contribution in [0.1, 0.15) is 24.1 Å². The summed E-state index contributed by atoms with van der Waals surface area (Å²) in [6, 6.07) is 4.82. The molecule has 0 saturated heterocycles. The van der Waals surface area contributed by atoms with Gasteiger partial charge >= 0.3 is 0 Å². The average molecular weight is 260 g/mol. The lowest BCUT2D eigenvalue weighted by Crippen LogP contribution is -2.15. The van der Waals surface area contributed by atoms with E-state index in [4.69, 9.17) is 5.73 Å². The molecule has 0 bridgehead atoms. The molecule has 0 spiro atoms. The van der Waals surface area contributed by atoms with Crippen LogP contribution in [0.15, 0.2) is 15.9 Å². The predicted octanol–water partition coefficient (Wildman–Crippen LogP) is 3.18. The van der Waals surface area contributed by atoms with Crippen molar-refractivity contribution < 1.29 is 0 Å². The summed E-state index contributed by atoms with van der Waals surface area (Å²) in [4.78, 5) is 1.49. The van der Waals surface area contributed by atoms with Gasteiger partial charge in [-0.05, 0) is 59.7 Å². The van der Waals surface area contributed by atoms with E-state index in [0.29, 0.717) is 6.04 Å². The zero-order valence-corrected chi connectivity index (χ0v) is 9.90. The van der Waals surface area contributed by atoms with Crippen LogP contribution in [0.2, 0.25) is 0 Å². The Morgan fingerprint density at radius 2 is 2.31 bits per heavy atom. The minimum atomic E-state index is 0.466. The number of halogens is 1. The molecule has 3 heteroatoms. The van der Waals surface area contributed by atoms with Crippen molar-refractivity contribution in [3.63, 3.8) is 0 Å². The van der Waals surface area contributed by atoms with E-state index in [9.17, 15) is 0 Å². The van der Waals surface area contributed by atoms with Crippen LogP contribution < -0.4 is 5.73 Å². The van der Waals surface area contributed by atoms with Gasteiger partial charge in [-0.15, -0.1) is 11.3 Å². The highest BCUT2D eigenvalue weighted by Crippen LogP contribution is 2.31. The fourth-order valence-electron chi connectivity index (χ4n) is 2.04. The largest absolute Gasteiger partial charge is 0.328 e. The van der Waals surface area contributed by atoms with E-state index < -0.39 is 0 Å². The fraction of sp³-hybridized carbons (Fsp3) is 0.600. The van der Waals surface area contributed by atoms with E-state index >= 15 is 0 Å². The maximum atomic E-state index is 5.88. The second kappa shape index (κ2) is 4.11. The third-order valence-electron chi connectivity index (χ3n) is 2.70. The molecule has 1 fully saturated rings. The van der Waals surface area contributed by atoms with Crippen molar-refractivity contribution in [2.75, 3.05) is 0 Å². The summed E-state index contributed by atoms with van der Waals surface area (Å²) >= 11 is 5.34. The van der Waals surface area contributed by atoms with Gasteiger partial charge in [-0.25, -0.2) is 0 Å². The lowest BCUT2D eigenvalue weighted by atomic mass is 10.0. The molecule has 1 aromatic heterocycles. The predicted molar refractivity (Wildman–Crippen MR) is 61.0 cm³/mol. The third kappa shape index (κ3) is 2.55. The zero-order chi connectivity index (χ0) is 9.26. The Labute approximate surface area is 91.5 Å². The van der Waals surface area contributed by atoms with Gasteiger partial charge in [-0.3, -0.25) is 0 Å². The summed E-state index contributed by atoms with van der Waals surface area (Å²) in [6.45, 7) is 0. The first-order chi connectivity index (χ1) is 6.24. The molecule has 1 heterocycles. The van der Waals surface area contributed by atoms with Crippen LogP contribution in [0.4, 0.5) is 0 Å². The van der Waals surface area contributed by atoms with Crippen molar-refractivity contribution in [1.82, 2.24) is 0 Å². The highest BCUT2D eigenvalue weighted by atomic mass is 79.9. The lowest BCUT2D eigenvalue weighted by Gasteiger charge is -2.06. The average Bonchev–Trinajstić information content (AvgIpc) is 2.62. The Morgan fingerprint density at radius 3 is 2.85 bits per heavy atom. The number of nitrogens with two attached hydrogens (primary N) is 1. The Kier molecular flexibility index (Phi) is 3.06. The van der Waals surface area contributed by atoms with Crippen molar-refractivity contribution in [2.45, 2.75) is 31.7 Å². The molecular weight excluding hydrogens is 246 g/mol. The summed E-state index contributed by atoms with van der Waals surface area (Å²) in [5.74, 6) is 0.834. The standard InChI is InChI=1S/C10H14BrNS/c11-10-4-3-9(13-10)6-7-1-2-8(12)5-7/h3-4,7-8H,1-2,5-6,12H2. The molecule has 1 saturated carbocycles. The van der Waals surface area contributed by atoms with Crippen molar-refractivity contribution in [2.24, 2.45) is 11.7 Å². The van der Waals surface area contributed by atoms with Gasteiger partial charge in [0, 0.05) is 10.9 Å². The molecule has 1 aliphatic rings. The van der Waals surface area contributed by atoms with E-state index in [1.54, 1.807) is 0 Å². The van der Waals surface area contributed by atoms with Gasteiger partial charge in [-0.1, -0.05) is 0 Å². The van der Waals surface area contributed by atoms with Crippen molar-refractivity contribution >= 4 is 27.3 Å². The maximum absolute atomic E-state index is 5.88. The first kappa shape index (κ1) is 9.69. The van der Waals surface area contributed by atoms with E-state index in [-0.39, 0.29) is 0 Å². The van der Waals surface area contributed by atoms with Crippen LogP contribution in [0.3, 0.4) is 0 Å². The molecule has 2 unspecified atom stereocenters. The van der Waals surface area contributed by atoms with E-state index in [0.717, 1.165) is 5.92 Å². The second-order valence-electron chi connectivity index (χ2n) is 3.85. The van der Waals surface area contributed by atoms with Gasteiger partial charge in [-0.2, -0.15) is 0 Å². The van der Waals surface area contributed by atoms with Crippen LogP contribution in [-0.4, -0.2) is 6.04 Å². The van der Waals surface area contributed by atoms with Crippen LogP contribution in [0.5, 0.6) is 0 Å². The quantitative estimate of drug-likeness (QED) is 0.868. The molecule has 0 aliphatic heterocycles. The number of thiophene rings is 1. The molecule has 0 aromatic carbocycles. The first-order valence-corrected chi connectivity index (χ1v) is 6.35. The van der Waals surface area contributed by atoms with Crippen LogP contribution in [0.25, 0.3) is 0 Å². The minimum Gasteiger partial charge on any atom is -0.328 e. The highest BCUT2D eigenvalue weighted by Gasteiger charge is 2.22. The monoisotopic (exact) mass is 259 g/mol. The molecule has 1 nitrogen and oxygen atoms in total. The number of hydrogen-bond donors (Lipinski definition) is 1. The summed E-state index contributed by atoms with van der Waals surface area (Å²) in [6.07, 6.45) is 4.98. The third-order valence-corrected chi connectivity index (χ3v) is 4.35. The molecule has 1 aromatic rings. The summed E-state index contributed by atoms with van der Waals surface area (Å²) in [5.41, 5.74) is 5.88. The Balaban J connectivity index is 1.91. The topological polar surface area (TPSA) is 26.0 Å². The van der Waals surface area contributed by atoms with Crippen molar-refractivity contribution in [3.8, 4) is 0 Å². The van der Waals surface area contributed by atoms with Gasteiger partial charge < -0.3 is 5.73 Å². The first-order valence-electron chi connectivity index (χ1n) is 4.74. The Bertz CT molecular complexity index is 284. The van der Waals surface area contributed by atoms with Crippen molar-refractivity contribution in [1.29, 1.82) is 0 Å². The van der Waals surface area contributed by atoms with Gasteiger partial charge in [0.05, 0.1) is 3.79 Å². The fourth-order valence-corrected chi connectivity index (χ4v) is 3.64. The summed E-state index contributed by atoms with van der Waals surface area (Å²) in [5, 5.41) is 0. The van der Waals surface area contributed by atoms with Gasteiger partial charge in [0.25, 0.3) is 0 Å². The highest BCUT2D eigenvalue weighted by molar-refractivity contribution is 9.11. The Morgan fingerprint density at radius 1 is 1.46 bits per heavy atom. The molecule has 0 amide bonds. The molecule has 2 atom stereocenters. The van der Waals surface area contributed by atoms with Crippen LogP contribution in [-0.2, 0) is 6.42 Å². The van der Waals surface area contributed by atoms with Gasteiger partial charge in [0.15, 0.2) is 0 Å². The lowest BCUT2D eigenvalue weighted by molar-refractivity contribution is 0.539. The van der Waals surface area contributed by atoms with E-state index in [1.165, 1.54) is 34.3 Å². The molecule has 13 heavy (non-hydrogen) atoms. The van der Waals surface area contributed by atoms with Crippen LogP contribution in [0, 0.1) is 5.92 Å². The molecule has 1 aliphatic carbocycles. The summed E-state index contributed by atoms with van der Waals surface area (Å²) in [7, 11) is 0. The second-order valence-corrected chi connectivity index (χ2v) is 6.40. The number of hydrogen-bond acceptors (Lipinski definition) is 2. The zero-order valence-electron chi connectivity index (χ0n) is 7.50. The van der Waals surface area contributed by atoms with E-state index in [2.05, 4.69) is 28.1 Å². The molecule has 2 N–H and O–H groups in total. The van der Waals surface area contributed by atoms with Crippen LogP contribution >= 0.6 is 27.3 Å². The maximum Gasteiger partial charge on any atom is 0.0701 e. The molecule has 72 valence electrons. The normalized spacial score (nSPS) is 28.2. The molecule has 0 radical (unpaired) electrons. The smallest absolute Gasteiger partial charge is 0.0701 e. The SMILES string of the molecule is NC1CCC(Cc2ccc(Br)s2)C1. The Hall–Kier alpha value is 0.140. The van der Waals surface area contributed by atoms with Gasteiger partial charge in [0.1, 0.15) is 0 Å². The molecule has 2 rings (SSSR count).